The molecule has 4 rings (SSSR count). The molecule has 2 heterocycles. The molecule has 3 nitrogen and oxygen atoms in total. The molecular weight excluding hydrogens is 362 g/mol. The molecule has 0 aliphatic carbocycles. The van der Waals surface area contributed by atoms with Crippen LogP contribution in [0.3, 0.4) is 0 Å². The highest BCUT2D eigenvalue weighted by molar-refractivity contribution is 9.10. The van der Waals surface area contributed by atoms with E-state index in [0.29, 0.717) is 5.02 Å². The van der Waals surface area contributed by atoms with Crippen LogP contribution in [0.4, 0.5) is 5.82 Å². The minimum atomic E-state index is 0.695. The predicted octanol–water partition coefficient (Wildman–Crippen LogP) is 4.92. The molecule has 1 N–H and O–H groups in total. The molecule has 0 spiro atoms. The minimum absolute atomic E-state index is 0.695. The first-order valence-corrected chi connectivity index (χ1v) is 8.28. The van der Waals surface area contributed by atoms with Crippen LogP contribution in [-0.2, 0) is 6.42 Å². The average Bonchev–Trinajstić information content (AvgIpc) is 3.11. The molecule has 0 fully saturated rings. The number of nitrogens with one attached hydrogen (secondary N) is 1. The number of benzene rings is 2. The summed E-state index contributed by atoms with van der Waals surface area (Å²) in [5.41, 5.74) is 4.25. The Kier molecular flexibility index (Phi) is 3.43. The van der Waals surface area contributed by atoms with Crippen LogP contribution in [0.2, 0.25) is 5.02 Å². The molecule has 0 saturated carbocycles. The Labute approximate surface area is 142 Å². The molecule has 1 aliphatic heterocycles. The summed E-state index contributed by atoms with van der Waals surface area (Å²) in [6.45, 7) is 0.926. The summed E-state index contributed by atoms with van der Waals surface area (Å²) in [5.74, 6) is 1.04. The third-order valence-corrected chi connectivity index (χ3v) is 4.87. The van der Waals surface area contributed by atoms with Crippen LogP contribution in [0, 0.1) is 0 Å². The van der Waals surface area contributed by atoms with Gasteiger partial charge < -0.3 is 5.32 Å². The fraction of sp³-hybridized carbons (Fsp3) is 0.118. The van der Waals surface area contributed by atoms with Crippen molar-refractivity contribution in [3.63, 3.8) is 0 Å². The van der Waals surface area contributed by atoms with Crippen LogP contribution in [0.15, 0.2) is 53.0 Å². The Morgan fingerprint density at radius 3 is 2.68 bits per heavy atom. The Balaban J connectivity index is 1.95. The van der Waals surface area contributed by atoms with Crippen molar-refractivity contribution in [2.75, 3.05) is 11.9 Å². The Bertz CT molecular complexity index is 789. The average molecular weight is 375 g/mol. The molecule has 0 amide bonds. The number of anilines is 1. The van der Waals surface area contributed by atoms with E-state index in [4.69, 9.17) is 16.7 Å². The van der Waals surface area contributed by atoms with Gasteiger partial charge in [-0.2, -0.15) is 5.10 Å². The van der Waals surface area contributed by atoms with Gasteiger partial charge in [0.05, 0.1) is 16.4 Å². The first-order chi connectivity index (χ1) is 10.8. The Hall–Kier alpha value is -1.78. The first-order valence-electron chi connectivity index (χ1n) is 7.11. The van der Waals surface area contributed by atoms with E-state index in [1.54, 1.807) is 0 Å². The van der Waals surface area contributed by atoms with Crippen molar-refractivity contribution in [1.29, 1.82) is 0 Å². The molecule has 110 valence electrons. The third-order valence-electron chi connectivity index (χ3n) is 3.86. The van der Waals surface area contributed by atoms with E-state index in [9.17, 15) is 0 Å². The highest BCUT2D eigenvalue weighted by Crippen LogP contribution is 2.38. The van der Waals surface area contributed by atoms with E-state index in [1.807, 2.05) is 47.1 Å². The number of hydrogen-bond donors (Lipinski definition) is 1. The lowest BCUT2D eigenvalue weighted by Gasteiger charge is -2.08. The van der Waals surface area contributed by atoms with Crippen LogP contribution >= 0.6 is 27.5 Å². The van der Waals surface area contributed by atoms with Gasteiger partial charge in [-0.1, -0.05) is 57.9 Å². The van der Waals surface area contributed by atoms with Crippen LogP contribution in [0.1, 0.15) is 5.56 Å². The summed E-state index contributed by atoms with van der Waals surface area (Å²) in [5, 5.41) is 8.96. The summed E-state index contributed by atoms with van der Waals surface area (Å²) < 4.78 is 2.97. The predicted molar refractivity (Wildman–Crippen MR) is 93.9 cm³/mol. The number of aromatic nitrogens is 2. The molecule has 0 atom stereocenters. The minimum Gasteiger partial charge on any atom is -0.369 e. The van der Waals surface area contributed by atoms with Crippen molar-refractivity contribution in [2.24, 2.45) is 0 Å². The van der Waals surface area contributed by atoms with Crippen molar-refractivity contribution < 1.29 is 0 Å². The summed E-state index contributed by atoms with van der Waals surface area (Å²) >= 11 is 9.97. The fourth-order valence-electron chi connectivity index (χ4n) is 2.84. The van der Waals surface area contributed by atoms with Gasteiger partial charge in [0.15, 0.2) is 0 Å². The number of para-hydroxylation sites is 1. The maximum atomic E-state index is 6.35. The van der Waals surface area contributed by atoms with E-state index in [2.05, 4.69) is 27.3 Å². The molecular formula is C17H13BrClN3. The topological polar surface area (TPSA) is 29.9 Å². The van der Waals surface area contributed by atoms with Crippen molar-refractivity contribution in [3.05, 3.63) is 63.6 Å². The van der Waals surface area contributed by atoms with Gasteiger partial charge in [0, 0.05) is 22.1 Å². The number of halogens is 2. The summed E-state index contributed by atoms with van der Waals surface area (Å²) in [6, 6.07) is 15.9. The highest BCUT2D eigenvalue weighted by atomic mass is 79.9. The normalized spacial score (nSPS) is 13.0. The molecule has 1 aliphatic rings. The maximum absolute atomic E-state index is 6.35. The lowest BCUT2D eigenvalue weighted by molar-refractivity contribution is 0.882. The van der Waals surface area contributed by atoms with Gasteiger partial charge in [0.25, 0.3) is 0 Å². The Morgan fingerprint density at radius 1 is 1.09 bits per heavy atom. The molecule has 5 heteroatoms. The molecule has 0 unspecified atom stereocenters. The fourth-order valence-corrected chi connectivity index (χ4v) is 3.53. The van der Waals surface area contributed by atoms with Crippen LogP contribution in [0.25, 0.3) is 16.9 Å². The van der Waals surface area contributed by atoms with E-state index >= 15 is 0 Å². The number of nitrogens with zero attached hydrogens (tertiary/aromatic N) is 2. The zero-order valence-electron chi connectivity index (χ0n) is 11.7. The van der Waals surface area contributed by atoms with E-state index < -0.39 is 0 Å². The largest absolute Gasteiger partial charge is 0.369 e. The molecule has 2 aromatic carbocycles. The first kappa shape index (κ1) is 13.9. The number of rotatable bonds is 2. The van der Waals surface area contributed by atoms with Gasteiger partial charge in [-0.3, -0.25) is 0 Å². The third kappa shape index (κ3) is 2.14. The van der Waals surface area contributed by atoms with Crippen molar-refractivity contribution >= 4 is 33.3 Å². The standard InChI is InChI=1S/C17H13BrClN3/c18-13-6-2-1-5-11(13)16-12-9-10-20-17(12)22(21-16)15-8-4-3-7-14(15)19/h1-8,20H,9-10H2. The quantitative estimate of drug-likeness (QED) is 0.690. The molecule has 1 aromatic heterocycles. The monoisotopic (exact) mass is 373 g/mol. The van der Waals surface area contributed by atoms with Crippen LogP contribution in [-0.4, -0.2) is 16.3 Å². The smallest absolute Gasteiger partial charge is 0.133 e. The van der Waals surface area contributed by atoms with Crippen molar-refractivity contribution in [3.8, 4) is 16.9 Å². The van der Waals surface area contributed by atoms with Gasteiger partial charge in [-0.15, -0.1) is 0 Å². The second-order valence-corrected chi connectivity index (χ2v) is 6.46. The number of fused-ring (bicyclic) bond motifs is 1. The molecule has 22 heavy (non-hydrogen) atoms. The van der Waals surface area contributed by atoms with Crippen molar-refractivity contribution in [2.45, 2.75) is 6.42 Å². The van der Waals surface area contributed by atoms with Gasteiger partial charge in [-0.25, -0.2) is 4.68 Å². The summed E-state index contributed by atoms with van der Waals surface area (Å²) in [7, 11) is 0. The highest BCUT2D eigenvalue weighted by Gasteiger charge is 2.25. The maximum Gasteiger partial charge on any atom is 0.133 e. The van der Waals surface area contributed by atoms with Gasteiger partial charge in [0.1, 0.15) is 5.82 Å². The molecule has 3 aromatic rings. The van der Waals surface area contributed by atoms with Gasteiger partial charge in [-0.05, 0) is 24.6 Å². The number of hydrogen-bond acceptors (Lipinski definition) is 2. The Morgan fingerprint density at radius 2 is 1.86 bits per heavy atom. The van der Waals surface area contributed by atoms with E-state index in [-0.39, 0.29) is 0 Å². The molecule has 0 bridgehead atoms. The zero-order valence-corrected chi connectivity index (χ0v) is 14.0. The lowest BCUT2D eigenvalue weighted by atomic mass is 10.1. The lowest BCUT2D eigenvalue weighted by Crippen LogP contribution is -2.04. The zero-order chi connectivity index (χ0) is 15.1. The summed E-state index contributed by atoms with van der Waals surface area (Å²) in [4.78, 5) is 0. The second-order valence-electron chi connectivity index (χ2n) is 5.20. The van der Waals surface area contributed by atoms with Crippen LogP contribution in [0.5, 0.6) is 0 Å². The van der Waals surface area contributed by atoms with Crippen LogP contribution < -0.4 is 5.32 Å². The summed E-state index contributed by atoms with van der Waals surface area (Å²) in [6.07, 6.45) is 0.969. The SMILES string of the molecule is Clc1ccccc1-n1nc(-c2ccccc2Br)c2c1NCC2. The van der Waals surface area contributed by atoms with E-state index in [0.717, 1.165) is 40.2 Å². The van der Waals surface area contributed by atoms with Gasteiger partial charge >= 0.3 is 0 Å². The van der Waals surface area contributed by atoms with E-state index in [1.165, 1.54) is 5.56 Å². The molecule has 0 saturated heterocycles. The second kappa shape index (κ2) is 5.45. The van der Waals surface area contributed by atoms with Crippen molar-refractivity contribution in [1.82, 2.24) is 9.78 Å². The van der Waals surface area contributed by atoms with Gasteiger partial charge in [0.2, 0.25) is 0 Å². The molecule has 0 radical (unpaired) electrons.